The van der Waals surface area contributed by atoms with Crippen LogP contribution in [-0.4, -0.2) is 12.2 Å². The molecule has 0 bridgehead atoms. The van der Waals surface area contributed by atoms with E-state index in [9.17, 15) is 4.79 Å². The van der Waals surface area contributed by atoms with Gasteiger partial charge in [0.05, 0.1) is 0 Å². The fourth-order valence-electron chi connectivity index (χ4n) is 1.55. The second kappa shape index (κ2) is 5.98. The molecule has 18 heavy (non-hydrogen) atoms. The lowest BCUT2D eigenvalue weighted by molar-refractivity contribution is 0.102. The summed E-state index contributed by atoms with van der Waals surface area (Å²) in [5, 5.41) is 2.87. The number of anilines is 1. The minimum absolute atomic E-state index is 0.121. The van der Waals surface area contributed by atoms with Crippen LogP contribution in [0.5, 0.6) is 0 Å². The van der Waals surface area contributed by atoms with Gasteiger partial charge < -0.3 is 5.32 Å². The molecule has 1 N–H and O–H groups in total. The van der Waals surface area contributed by atoms with E-state index in [1.807, 2.05) is 42.7 Å². The van der Waals surface area contributed by atoms with Gasteiger partial charge in [-0.3, -0.25) is 4.79 Å². The predicted molar refractivity (Wildman–Crippen MR) is 79.9 cm³/mol. The van der Waals surface area contributed by atoms with E-state index in [1.54, 1.807) is 23.9 Å². The summed E-state index contributed by atoms with van der Waals surface area (Å²) in [4.78, 5) is 13.9. The van der Waals surface area contributed by atoms with Crippen LogP contribution in [0.2, 0.25) is 0 Å². The van der Waals surface area contributed by atoms with Crippen molar-refractivity contribution in [1.29, 1.82) is 0 Å². The summed E-state index contributed by atoms with van der Waals surface area (Å²) in [6.45, 7) is 0. The molecule has 2 rings (SSSR count). The Bertz CT molecular complexity index is 569. The molecule has 2 nitrogen and oxygen atoms in total. The Labute approximate surface area is 116 Å². The molecule has 0 heterocycles. The van der Waals surface area contributed by atoms with Crippen LogP contribution in [0.25, 0.3) is 0 Å². The Hall–Kier alpha value is -1.39. The fourth-order valence-corrected chi connectivity index (χ4v) is 2.24. The molecule has 0 aliphatic rings. The van der Waals surface area contributed by atoms with Crippen molar-refractivity contribution in [1.82, 2.24) is 0 Å². The molecular formula is C14H13NOS2. The van der Waals surface area contributed by atoms with Crippen LogP contribution in [-0.2, 0) is 0 Å². The normalized spacial score (nSPS) is 10.1. The van der Waals surface area contributed by atoms with Gasteiger partial charge in [0.25, 0.3) is 5.91 Å². The molecule has 0 spiro atoms. The van der Waals surface area contributed by atoms with Crippen molar-refractivity contribution in [2.75, 3.05) is 11.6 Å². The summed E-state index contributed by atoms with van der Waals surface area (Å²) < 4.78 is 0. The van der Waals surface area contributed by atoms with Crippen molar-refractivity contribution in [3.05, 3.63) is 54.1 Å². The average molecular weight is 275 g/mol. The monoisotopic (exact) mass is 275 g/mol. The number of nitrogens with one attached hydrogen (secondary N) is 1. The Morgan fingerprint density at radius 2 is 1.94 bits per heavy atom. The minimum atomic E-state index is -0.121. The SMILES string of the molecule is CSc1cccc(NC(=O)c2cccc(S)c2)c1. The maximum Gasteiger partial charge on any atom is 0.255 e. The highest BCUT2D eigenvalue weighted by atomic mass is 32.2. The molecule has 0 unspecified atom stereocenters. The fraction of sp³-hybridized carbons (Fsp3) is 0.0714. The third kappa shape index (κ3) is 3.31. The van der Waals surface area contributed by atoms with E-state index in [-0.39, 0.29) is 5.91 Å². The van der Waals surface area contributed by atoms with Gasteiger partial charge in [-0.2, -0.15) is 0 Å². The van der Waals surface area contributed by atoms with Crippen molar-refractivity contribution in [2.45, 2.75) is 9.79 Å². The smallest absolute Gasteiger partial charge is 0.255 e. The number of thioether (sulfide) groups is 1. The third-order valence-corrected chi connectivity index (χ3v) is 3.44. The highest BCUT2D eigenvalue weighted by Crippen LogP contribution is 2.19. The highest BCUT2D eigenvalue weighted by Gasteiger charge is 2.06. The first kappa shape index (κ1) is 13.1. The van der Waals surface area contributed by atoms with Crippen molar-refractivity contribution in [3.8, 4) is 0 Å². The first-order valence-corrected chi connectivity index (χ1v) is 7.10. The van der Waals surface area contributed by atoms with Crippen LogP contribution in [0.3, 0.4) is 0 Å². The predicted octanol–water partition coefficient (Wildman–Crippen LogP) is 3.95. The average Bonchev–Trinajstić information content (AvgIpc) is 2.39. The molecule has 0 aromatic heterocycles. The van der Waals surface area contributed by atoms with Crippen molar-refractivity contribution in [2.24, 2.45) is 0 Å². The minimum Gasteiger partial charge on any atom is -0.322 e. The van der Waals surface area contributed by atoms with Crippen LogP contribution in [0.15, 0.2) is 58.3 Å². The largest absolute Gasteiger partial charge is 0.322 e. The number of amides is 1. The van der Waals surface area contributed by atoms with Crippen LogP contribution in [0, 0.1) is 0 Å². The molecule has 0 radical (unpaired) electrons. The molecule has 0 fully saturated rings. The van der Waals surface area contributed by atoms with Gasteiger partial charge >= 0.3 is 0 Å². The summed E-state index contributed by atoms with van der Waals surface area (Å²) in [6, 6.07) is 14.9. The Morgan fingerprint density at radius 1 is 1.17 bits per heavy atom. The van der Waals surface area contributed by atoms with Crippen molar-refractivity contribution in [3.63, 3.8) is 0 Å². The number of hydrogen-bond acceptors (Lipinski definition) is 3. The van der Waals surface area contributed by atoms with E-state index in [4.69, 9.17) is 0 Å². The topological polar surface area (TPSA) is 29.1 Å². The summed E-state index contributed by atoms with van der Waals surface area (Å²) in [6.07, 6.45) is 2.01. The second-order valence-electron chi connectivity index (χ2n) is 3.74. The second-order valence-corrected chi connectivity index (χ2v) is 5.13. The van der Waals surface area contributed by atoms with Crippen molar-refractivity contribution < 1.29 is 4.79 Å². The maximum atomic E-state index is 12.0. The van der Waals surface area contributed by atoms with Crippen LogP contribution in [0.4, 0.5) is 5.69 Å². The van der Waals surface area contributed by atoms with Gasteiger partial charge in [0.2, 0.25) is 0 Å². The Morgan fingerprint density at radius 3 is 2.67 bits per heavy atom. The molecular weight excluding hydrogens is 262 g/mol. The Balaban J connectivity index is 2.16. The lowest BCUT2D eigenvalue weighted by Gasteiger charge is -2.06. The molecule has 92 valence electrons. The molecule has 0 atom stereocenters. The molecule has 0 aliphatic carbocycles. The van der Waals surface area contributed by atoms with Gasteiger partial charge in [-0.05, 0) is 42.7 Å². The van der Waals surface area contributed by atoms with Gasteiger partial charge in [0.1, 0.15) is 0 Å². The van der Waals surface area contributed by atoms with E-state index in [2.05, 4.69) is 17.9 Å². The molecule has 2 aromatic rings. The summed E-state index contributed by atoms with van der Waals surface area (Å²) in [5.41, 5.74) is 1.41. The lowest BCUT2D eigenvalue weighted by atomic mass is 10.2. The standard InChI is InChI=1S/C14H13NOS2/c1-18-13-7-3-5-11(9-13)15-14(16)10-4-2-6-12(17)8-10/h2-9,17H,1H3,(H,15,16). The zero-order valence-corrected chi connectivity index (χ0v) is 11.6. The number of thiol groups is 1. The molecule has 0 aliphatic heterocycles. The van der Waals surface area contributed by atoms with E-state index in [0.29, 0.717) is 5.56 Å². The number of carbonyl (C=O) groups is 1. The third-order valence-electron chi connectivity index (χ3n) is 2.44. The van der Waals surface area contributed by atoms with Crippen LogP contribution < -0.4 is 5.32 Å². The summed E-state index contributed by atoms with van der Waals surface area (Å²) in [7, 11) is 0. The summed E-state index contributed by atoms with van der Waals surface area (Å²) in [5.74, 6) is -0.121. The molecule has 4 heteroatoms. The molecule has 0 saturated heterocycles. The van der Waals surface area contributed by atoms with Crippen LogP contribution in [0.1, 0.15) is 10.4 Å². The quantitative estimate of drug-likeness (QED) is 0.656. The van der Waals surface area contributed by atoms with E-state index in [0.717, 1.165) is 15.5 Å². The van der Waals surface area contributed by atoms with Crippen molar-refractivity contribution >= 4 is 36.0 Å². The first-order valence-electron chi connectivity index (χ1n) is 5.43. The van der Waals surface area contributed by atoms with E-state index < -0.39 is 0 Å². The molecule has 1 amide bonds. The first-order chi connectivity index (χ1) is 8.69. The number of benzene rings is 2. The van der Waals surface area contributed by atoms with E-state index in [1.165, 1.54) is 0 Å². The highest BCUT2D eigenvalue weighted by molar-refractivity contribution is 7.98. The maximum absolute atomic E-state index is 12.0. The summed E-state index contributed by atoms with van der Waals surface area (Å²) >= 11 is 5.87. The van der Waals surface area contributed by atoms with Gasteiger partial charge in [0.15, 0.2) is 0 Å². The number of carbonyl (C=O) groups excluding carboxylic acids is 1. The Kier molecular flexibility index (Phi) is 4.33. The molecule has 0 saturated carbocycles. The zero-order valence-electron chi connectivity index (χ0n) is 9.88. The lowest BCUT2D eigenvalue weighted by Crippen LogP contribution is -2.11. The number of rotatable bonds is 3. The van der Waals surface area contributed by atoms with Gasteiger partial charge in [-0.1, -0.05) is 12.1 Å². The van der Waals surface area contributed by atoms with Gasteiger partial charge in [0, 0.05) is 21.0 Å². The van der Waals surface area contributed by atoms with Gasteiger partial charge in [-0.25, -0.2) is 0 Å². The van der Waals surface area contributed by atoms with E-state index >= 15 is 0 Å². The van der Waals surface area contributed by atoms with Gasteiger partial charge in [-0.15, -0.1) is 24.4 Å². The van der Waals surface area contributed by atoms with Crippen LogP contribution >= 0.6 is 24.4 Å². The number of hydrogen-bond donors (Lipinski definition) is 2. The zero-order chi connectivity index (χ0) is 13.0. The molecule has 2 aromatic carbocycles.